The summed E-state index contributed by atoms with van der Waals surface area (Å²) in [7, 11) is 4.05. The average Bonchev–Trinajstić information content (AvgIpc) is 2.92. The number of nitrogens with one attached hydrogen (secondary N) is 1. The predicted octanol–water partition coefficient (Wildman–Crippen LogP) is 1.68. The molecule has 130 valence electrons. The number of rotatable bonds is 8. The second-order valence-corrected chi connectivity index (χ2v) is 5.52. The van der Waals surface area contributed by atoms with Gasteiger partial charge in [0.1, 0.15) is 0 Å². The van der Waals surface area contributed by atoms with Gasteiger partial charge in [-0.3, -0.25) is 9.79 Å². The molecule has 23 heavy (non-hydrogen) atoms. The summed E-state index contributed by atoms with van der Waals surface area (Å²) < 4.78 is 2.10. The lowest BCUT2D eigenvalue weighted by Gasteiger charge is -2.23. The third-order valence-corrected chi connectivity index (χ3v) is 3.85. The first-order valence-electron chi connectivity index (χ1n) is 8.40. The fraction of sp³-hybridized carbons (Fsp3) is 0.647. The van der Waals surface area contributed by atoms with Crippen molar-refractivity contribution in [2.24, 2.45) is 12.0 Å². The van der Waals surface area contributed by atoms with Crippen molar-refractivity contribution >= 4 is 11.9 Å². The van der Waals surface area contributed by atoms with Crippen LogP contribution >= 0.6 is 0 Å². The van der Waals surface area contributed by atoms with Crippen molar-refractivity contribution in [1.82, 2.24) is 19.7 Å². The molecule has 6 nitrogen and oxygen atoms in total. The van der Waals surface area contributed by atoms with E-state index in [4.69, 9.17) is 0 Å². The Labute approximate surface area is 140 Å². The molecule has 1 N–H and O–H groups in total. The number of carbonyl (C=O) groups is 1. The number of aliphatic imine (C=N–C) groups is 1. The van der Waals surface area contributed by atoms with Crippen LogP contribution in [0.25, 0.3) is 0 Å². The van der Waals surface area contributed by atoms with Crippen LogP contribution in [0, 0.1) is 0 Å². The number of aromatic nitrogens is 1. The number of carbonyl (C=O) groups excluding carboxylic acids is 1. The molecule has 0 saturated heterocycles. The summed E-state index contributed by atoms with van der Waals surface area (Å²) in [6, 6.07) is 4.14. The van der Waals surface area contributed by atoms with E-state index in [1.807, 2.05) is 52.0 Å². The van der Waals surface area contributed by atoms with Gasteiger partial charge in [0.25, 0.3) is 0 Å². The minimum absolute atomic E-state index is 0.166. The van der Waals surface area contributed by atoms with Crippen molar-refractivity contribution in [3.8, 4) is 0 Å². The molecule has 0 atom stereocenters. The van der Waals surface area contributed by atoms with Crippen LogP contribution in [0.15, 0.2) is 23.3 Å². The lowest BCUT2D eigenvalue weighted by molar-refractivity contribution is -0.130. The average molecular weight is 321 g/mol. The zero-order valence-corrected chi connectivity index (χ0v) is 15.2. The number of hydrogen-bond acceptors (Lipinski definition) is 2. The van der Waals surface area contributed by atoms with E-state index < -0.39 is 0 Å². The van der Waals surface area contributed by atoms with Crippen LogP contribution in [0.3, 0.4) is 0 Å². The topological polar surface area (TPSA) is 52.9 Å². The van der Waals surface area contributed by atoms with E-state index in [1.165, 1.54) is 5.69 Å². The molecule has 1 aromatic rings. The van der Waals surface area contributed by atoms with Crippen molar-refractivity contribution in [2.75, 3.05) is 33.2 Å². The fourth-order valence-corrected chi connectivity index (χ4v) is 2.44. The molecule has 0 saturated carbocycles. The van der Waals surface area contributed by atoms with Gasteiger partial charge in [-0.2, -0.15) is 0 Å². The number of guanidine groups is 1. The zero-order valence-electron chi connectivity index (χ0n) is 15.2. The molecule has 1 aromatic heterocycles. The van der Waals surface area contributed by atoms with E-state index in [0.29, 0.717) is 13.0 Å². The SMILES string of the molecule is CCNC(=NCCC(=O)N(CC)CC)N(C)Cc1cccn1C. The van der Waals surface area contributed by atoms with Crippen LogP contribution < -0.4 is 5.32 Å². The van der Waals surface area contributed by atoms with Gasteiger partial charge in [0.05, 0.1) is 13.1 Å². The van der Waals surface area contributed by atoms with E-state index in [0.717, 1.165) is 32.1 Å². The molecule has 0 aliphatic rings. The summed E-state index contributed by atoms with van der Waals surface area (Å²) in [6.07, 6.45) is 2.49. The van der Waals surface area contributed by atoms with Crippen LogP contribution in [0.1, 0.15) is 32.9 Å². The van der Waals surface area contributed by atoms with Gasteiger partial charge in [0.2, 0.25) is 5.91 Å². The molecule has 0 unspecified atom stereocenters. The Bertz CT molecular complexity index is 505. The van der Waals surface area contributed by atoms with E-state index in [9.17, 15) is 4.79 Å². The van der Waals surface area contributed by atoms with Gasteiger partial charge >= 0.3 is 0 Å². The maximum atomic E-state index is 12.0. The Morgan fingerprint density at radius 1 is 1.30 bits per heavy atom. The molecule has 1 heterocycles. The van der Waals surface area contributed by atoms with Gasteiger partial charge in [0.15, 0.2) is 5.96 Å². The molecule has 0 aliphatic carbocycles. The molecule has 6 heteroatoms. The Morgan fingerprint density at radius 2 is 2.00 bits per heavy atom. The van der Waals surface area contributed by atoms with Gasteiger partial charge < -0.3 is 19.7 Å². The summed E-state index contributed by atoms with van der Waals surface area (Å²) in [5, 5.41) is 3.29. The van der Waals surface area contributed by atoms with Crippen molar-refractivity contribution in [2.45, 2.75) is 33.7 Å². The lowest BCUT2D eigenvalue weighted by Crippen LogP contribution is -2.39. The Hall–Kier alpha value is -1.98. The third-order valence-electron chi connectivity index (χ3n) is 3.85. The summed E-state index contributed by atoms with van der Waals surface area (Å²) in [5.41, 5.74) is 1.22. The first-order chi connectivity index (χ1) is 11.0. The standard InChI is InChI=1S/C17H31N5O/c1-6-18-17(19-12-11-16(23)22(7-2)8-3)21(5)14-15-10-9-13-20(15)4/h9-10,13H,6-8,11-12,14H2,1-5H3,(H,18,19). The number of nitrogens with zero attached hydrogens (tertiary/aromatic N) is 4. The second kappa shape index (κ2) is 9.92. The highest BCUT2D eigenvalue weighted by Gasteiger charge is 2.11. The second-order valence-electron chi connectivity index (χ2n) is 5.52. The Balaban J connectivity index is 2.62. The predicted molar refractivity (Wildman–Crippen MR) is 95.4 cm³/mol. The summed E-state index contributed by atoms with van der Waals surface area (Å²) >= 11 is 0. The molecule has 0 bridgehead atoms. The minimum Gasteiger partial charge on any atom is -0.357 e. The lowest BCUT2D eigenvalue weighted by atomic mass is 10.3. The fourth-order valence-electron chi connectivity index (χ4n) is 2.44. The number of aryl methyl sites for hydroxylation is 1. The Morgan fingerprint density at radius 3 is 2.52 bits per heavy atom. The number of amides is 1. The normalized spacial score (nSPS) is 11.4. The first kappa shape index (κ1) is 19.1. The van der Waals surface area contributed by atoms with Crippen LogP contribution in [0.4, 0.5) is 0 Å². The van der Waals surface area contributed by atoms with Gasteiger partial charge in [-0.15, -0.1) is 0 Å². The van der Waals surface area contributed by atoms with Gasteiger partial charge in [-0.25, -0.2) is 0 Å². The summed E-state index contributed by atoms with van der Waals surface area (Å²) in [5.74, 6) is 1.00. The van der Waals surface area contributed by atoms with Crippen LogP contribution in [0.2, 0.25) is 0 Å². The number of hydrogen-bond donors (Lipinski definition) is 1. The molecular formula is C17H31N5O. The summed E-state index contributed by atoms with van der Waals surface area (Å²) in [6.45, 7) is 9.66. The van der Waals surface area contributed by atoms with Crippen molar-refractivity contribution in [3.63, 3.8) is 0 Å². The maximum Gasteiger partial charge on any atom is 0.224 e. The van der Waals surface area contributed by atoms with E-state index in [2.05, 4.69) is 25.8 Å². The molecule has 0 radical (unpaired) electrons. The van der Waals surface area contributed by atoms with Crippen LogP contribution in [0.5, 0.6) is 0 Å². The monoisotopic (exact) mass is 321 g/mol. The molecular weight excluding hydrogens is 290 g/mol. The van der Waals surface area contributed by atoms with E-state index in [1.54, 1.807) is 0 Å². The van der Waals surface area contributed by atoms with Crippen LogP contribution in [-0.2, 0) is 18.4 Å². The molecule has 0 fully saturated rings. The zero-order chi connectivity index (χ0) is 17.2. The molecule has 1 rings (SSSR count). The van der Waals surface area contributed by atoms with Crippen LogP contribution in [-0.4, -0.2) is 59.5 Å². The van der Waals surface area contributed by atoms with E-state index in [-0.39, 0.29) is 5.91 Å². The smallest absolute Gasteiger partial charge is 0.224 e. The first-order valence-corrected chi connectivity index (χ1v) is 8.40. The van der Waals surface area contributed by atoms with E-state index >= 15 is 0 Å². The van der Waals surface area contributed by atoms with Crippen molar-refractivity contribution in [3.05, 3.63) is 24.0 Å². The third kappa shape index (κ3) is 5.96. The Kier molecular flexibility index (Phi) is 8.22. The van der Waals surface area contributed by atoms with Gasteiger partial charge in [-0.1, -0.05) is 0 Å². The highest BCUT2D eigenvalue weighted by atomic mass is 16.2. The van der Waals surface area contributed by atoms with Crippen molar-refractivity contribution < 1.29 is 4.79 Å². The largest absolute Gasteiger partial charge is 0.357 e. The molecule has 0 aromatic carbocycles. The van der Waals surface area contributed by atoms with Gasteiger partial charge in [-0.05, 0) is 32.9 Å². The van der Waals surface area contributed by atoms with Crippen molar-refractivity contribution in [1.29, 1.82) is 0 Å². The van der Waals surface area contributed by atoms with Gasteiger partial charge in [0, 0.05) is 52.0 Å². The molecule has 0 aliphatic heterocycles. The summed E-state index contributed by atoms with van der Waals surface area (Å²) in [4.78, 5) is 20.6. The quantitative estimate of drug-likeness (QED) is 0.585. The highest BCUT2D eigenvalue weighted by Crippen LogP contribution is 2.04. The maximum absolute atomic E-state index is 12.0. The molecule has 0 spiro atoms. The molecule has 1 amide bonds. The minimum atomic E-state index is 0.166. The highest BCUT2D eigenvalue weighted by molar-refractivity contribution is 5.80.